The summed E-state index contributed by atoms with van der Waals surface area (Å²) in [5, 5.41) is 2.49. The third-order valence-electron chi connectivity index (χ3n) is 8.64. The van der Waals surface area contributed by atoms with Gasteiger partial charge in [-0.05, 0) is 103 Å². The molecule has 3 unspecified atom stereocenters. The molecule has 0 fully saturated rings. The Morgan fingerprint density at radius 2 is 1.15 bits per heavy atom. The molecule has 0 spiro atoms. The molecule has 0 radical (unpaired) electrons. The summed E-state index contributed by atoms with van der Waals surface area (Å²) < 4.78 is 10.5. The second-order valence-electron chi connectivity index (χ2n) is 15.1. The normalized spacial score (nSPS) is 17.8. The lowest BCUT2D eigenvalue weighted by molar-refractivity contribution is -0.123. The summed E-state index contributed by atoms with van der Waals surface area (Å²) in [6, 6.07) is 6.42. The molecule has 0 heterocycles. The first-order valence-corrected chi connectivity index (χ1v) is 20.3. The van der Waals surface area contributed by atoms with Crippen LogP contribution in [0, 0.1) is 17.8 Å². The summed E-state index contributed by atoms with van der Waals surface area (Å²) in [4.78, 5) is 124. The van der Waals surface area contributed by atoms with E-state index in [2.05, 4.69) is 10.3 Å². The number of hydrogen-bond donors (Lipinski definition) is 1. The first-order chi connectivity index (χ1) is 25.7. The van der Waals surface area contributed by atoms with Crippen molar-refractivity contribution in [3.8, 4) is 0 Å². The number of ether oxygens (including phenoxy) is 2. The molecular formula is C40H44N2O11S2. The number of hydrogen-bond acceptors (Lipinski definition) is 13. The van der Waals surface area contributed by atoms with Crippen LogP contribution in [0.1, 0.15) is 112 Å². The third-order valence-corrected chi connectivity index (χ3v) is 9.93. The van der Waals surface area contributed by atoms with Crippen molar-refractivity contribution in [2.24, 2.45) is 22.7 Å². The van der Waals surface area contributed by atoms with Gasteiger partial charge in [0.05, 0.1) is 12.0 Å². The molecule has 0 bridgehead atoms. The Kier molecular flexibility index (Phi) is 13.6. The van der Waals surface area contributed by atoms with Crippen LogP contribution in [0.15, 0.2) is 41.4 Å². The van der Waals surface area contributed by atoms with Crippen LogP contribution in [0.4, 0.5) is 9.59 Å². The van der Waals surface area contributed by atoms with Crippen molar-refractivity contribution < 1.29 is 52.6 Å². The molecule has 13 nitrogen and oxygen atoms in total. The molecule has 2 aliphatic carbocycles. The number of aliphatic imine (C=N–C) groups is 1. The van der Waals surface area contributed by atoms with E-state index in [1.165, 1.54) is 59.9 Å². The van der Waals surface area contributed by atoms with E-state index in [1.807, 2.05) is 6.26 Å². The number of thioether (sulfide) groups is 2. The summed E-state index contributed by atoms with van der Waals surface area (Å²) >= 11 is 2.84. The number of nitrogens with one attached hydrogen (secondary N) is 1. The van der Waals surface area contributed by atoms with Gasteiger partial charge in [-0.2, -0.15) is 28.5 Å². The van der Waals surface area contributed by atoms with Gasteiger partial charge < -0.3 is 14.8 Å². The first kappa shape index (κ1) is 43.0. The summed E-state index contributed by atoms with van der Waals surface area (Å²) in [5.74, 6) is -8.83. The lowest BCUT2D eigenvalue weighted by Gasteiger charge is -2.24. The Bertz CT molecular complexity index is 1990. The molecule has 2 aromatic carbocycles. The lowest BCUT2D eigenvalue weighted by Crippen LogP contribution is -2.47. The number of benzene rings is 2. The maximum atomic E-state index is 13.7. The molecule has 292 valence electrons. The van der Waals surface area contributed by atoms with Gasteiger partial charge in [0.25, 0.3) is 0 Å². The summed E-state index contributed by atoms with van der Waals surface area (Å²) in [6.45, 7) is 9.93. The van der Waals surface area contributed by atoms with Crippen LogP contribution in [0.25, 0.3) is 0 Å². The predicted octanol–water partition coefficient (Wildman–Crippen LogP) is 6.07. The van der Waals surface area contributed by atoms with Crippen molar-refractivity contribution >= 4 is 82.4 Å². The summed E-state index contributed by atoms with van der Waals surface area (Å²) in [5.41, 5.74) is -2.10. The first-order valence-electron chi connectivity index (χ1n) is 17.5. The number of alkyl carbamates (subject to hydrolysis) is 1. The van der Waals surface area contributed by atoms with E-state index in [-0.39, 0.29) is 46.2 Å². The molecule has 2 aromatic rings. The van der Waals surface area contributed by atoms with E-state index in [4.69, 9.17) is 9.47 Å². The van der Waals surface area contributed by atoms with Gasteiger partial charge in [-0.1, -0.05) is 12.1 Å². The van der Waals surface area contributed by atoms with Crippen LogP contribution >= 0.6 is 23.5 Å². The second kappa shape index (κ2) is 17.4. The molecule has 4 rings (SSSR count). The maximum absolute atomic E-state index is 13.7. The Morgan fingerprint density at radius 1 is 0.691 bits per heavy atom. The molecule has 2 amide bonds. The summed E-state index contributed by atoms with van der Waals surface area (Å²) in [6.07, 6.45) is 3.27. The van der Waals surface area contributed by atoms with Gasteiger partial charge >= 0.3 is 12.2 Å². The highest BCUT2D eigenvalue weighted by Crippen LogP contribution is 2.33. The molecule has 0 aliphatic heterocycles. The fraction of sp³-hybridized carbons (Fsp3) is 0.450. The molecule has 0 aromatic heterocycles. The van der Waals surface area contributed by atoms with Crippen LogP contribution in [0.5, 0.6) is 0 Å². The largest absolute Gasteiger partial charge is 0.444 e. The van der Waals surface area contributed by atoms with Crippen LogP contribution in [0.3, 0.4) is 0 Å². The number of fused-ring (bicyclic) bond motifs is 2. The van der Waals surface area contributed by atoms with E-state index >= 15 is 0 Å². The van der Waals surface area contributed by atoms with Gasteiger partial charge in [0, 0.05) is 39.6 Å². The zero-order chi connectivity index (χ0) is 41.0. The van der Waals surface area contributed by atoms with Crippen molar-refractivity contribution in [2.45, 2.75) is 71.6 Å². The van der Waals surface area contributed by atoms with E-state index in [9.17, 15) is 43.2 Å². The lowest BCUT2D eigenvalue weighted by atomic mass is 9.88. The highest BCUT2D eigenvalue weighted by molar-refractivity contribution is 7.98. The van der Waals surface area contributed by atoms with Crippen molar-refractivity contribution in [3.63, 3.8) is 0 Å². The van der Waals surface area contributed by atoms with E-state index in [0.717, 1.165) is 6.21 Å². The van der Waals surface area contributed by atoms with E-state index in [1.54, 1.807) is 47.8 Å². The third kappa shape index (κ3) is 10.1. The predicted molar refractivity (Wildman–Crippen MR) is 208 cm³/mol. The standard InChI is InChI=1S/C40H44N2O11S2/c1-39(2,3)52-37(50)41-19-22(13-15-54-7)31(44)28-32(45)23-11-9-20(17-25(23)34(28)47)30(43)21-10-12-24-26(18-21)35(48)29(33(24)46)36(49)27(14-16-55-8)42-38(51)53-40(4,5)6/h9-12,17-19,22,27-29H,13-16H2,1-8H3,(H,42,51)/b41-19+/t22?,27-,28?,29?/m0/s1. The zero-order valence-electron chi connectivity index (χ0n) is 31.9. The van der Waals surface area contributed by atoms with Crippen LogP contribution in [0.2, 0.25) is 0 Å². The second-order valence-corrected chi connectivity index (χ2v) is 17.1. The maximum Gasteiger partial charge on any atom is 0.433 e. The molecule has 1 N–H and O–H groups in total. The van der Waals surface area contributed by atoms with Crippen molar-refractivity contribution in [2.75, 3.05) is 24.0 Å². The highest BCUT2D eigenvalue weighted by Gasteiger charge is 2.47. The quantitative estimate of drug-likeness (QED) is 0.132. The van der Waals surface area contributed by atoms with Crippen molar-refractivity contribution in [1.29, 1.82) is 0 Å². The van der Waals surface area contributed by atoms with Crippen LogP contribution in [-0.4, -0.2) is 100 Å². The molecular weight excluding hydrogens is 749 g/mol. The van der Waals surface area contributed by atoms with Gasteiger partial charge in [-0.25, -0.2) is 9.59 Å². The SMILES string of the molecule is CSCCC(/C=N/C(=O)OC(C)(C)C)C(=O)C1C(=O)c2ccc(C(=O)c3ccc4c(c3)C(=O)C(C(=O)[C@H](CCSC)NC(=O)OC(C)(C)C)C4=O)cc2C1=O. The molecule has 15 heteroatoms. The minimum absolute atomic E-state index is 0.0264. The number of nitrogens with zero attached hydrogens (tertiary/aromatic N) is 1. The van der Waals surface area contributed by atoms with Gasteiger partial charge in [0.2, 0.25) is 0 Å². The highest BCUT2D eigenvalue weighted by atomic mass is 32.2. The van der Waals surface area contributed by atoms with E-state index < -0.39 is 87.7 Å². The van der Waals surface area contributed by atoms with Crippen molar-refractivity contribution in [1.82, 2.24) is 5.32 Å². The Balaban J connectivity index is 1.56. The fourth-order valence-electron chi connectivity index (χ4n) is 6.11. The number of carbonyl (C=O) groups is 9. The number of ketones is 7. The number of carbonyl (C=O) groups excluding carboxylic acids is 9. The monoisotopic (exact) mass is 792 g/mol. The zero-order valence-corrected chi connectivity index (χ0v) is 33.6. The summed E-state index contributed by atoms with van der Waals surface area (Å²) in [7, 11) is 0. The molecule has 0 saturated heterocycles. The molecule has 2 aliphatic rings. The van der Waals surface area contributed by atoms with Gasteiger partial charge in [0.1, 0.15) is 23.0 Å². The average molecular weight is 793 g/mol. The number of rotatable bonds is 14. The number of amides is 2. The van der Waals surface area contributed by atoms with Gasteiger partial charge in [-0.3, -0.25) is 33.6 Å². The molecule has 0 saturated carbocycles. The Labute approximate surface area is 327 Å². The topological polar surface area (TPSA) is 196 Å². The van der Waals surface area contributed by atoms with Crippen molar-refractivity contribution in [3.05, 3.63) is 69.8 Å². The molecule has 55 heavy (non-hydrogen) atoms. The van der Waals surface area contributed by atoms with Crippen LogP contribution in [-0.2, 0) is 19.1 Å². The smallest absolute Gasteiger partial charge is 0.433 e. The Hall–Kier alpha value is -4.76. The van der Waals surface area contributed by atoms with E-state index in [0.29, 0.717) is 11.5 Å². The Morgan fingerprint density at radius 3 is 1.62 bits per heavy atom. The fourth-order valence-corrected chi connectivity index (χ4v) is 7.07. The van der Waals surface area contributed by atoms with Gasteiger partial charge in [0.15, 0.2) is 40.5 Å². The van der Waals surface area contributed by atoms with Gasteiger partial charge in [-0.15, -0.1) is 0 Å². The van der Waals surface area contributed by atoms with Crippen LogP contribution < -0.4 is 5.32 Å². The molecule has 4 atom stereocenters. The number of Topliss-reactive ketones (excluding diaryl/α,β-unsaturated/α-hetero) is 6. The minimum atomic E-state index is -1.73. The average Bonchev–Trinajstić information content (AvgIpc) is 3.50. The minimum Gasteiger partial charge on any atom is -0.444 e.